The third-order valence-electron chi connectivity index (χ3n) is 2.73. The highest BCUT2D eigenvalue weighted by Gasteiger charge is 2.28. The maximum Gasteiger partial charge on any atom is 0.164 e. The van der Waals surface area contributed by atoms with Crippen LogP contribution >= 0.6 is 34.4 Å². The molecule has 1 fully saturated rings. The van der Waals surface area contributed by atoms with E-state index in [2.05, 4.69) is 46.6 Å². The van der Waals surface area contributed by atoms with Crippen molar-refractivity contribution in [3.05, 3.63) is 21.7 Å². The van der Waals surface area contributed by atoms with Gasteiger partial charge in [-0.3, -0.25) is 0 Å². The number of thioether (sulfide) groups is 1. The molecule has 1 aromatic heterocycles. The van der Waals surface area contributed by atoms with E-state index in [0.717, 1.165) is 22.6 Å². The minimum Gasteiger partial charge on any atom is -0.454 e. The lowest BCUT2D eigenvalue weighted by molar-refractivity contribution is 0.448. The predicted molar refractivity (Wildman–Crippen MR) is 73.2 cm³/mol. The average molecular weight is 337 g/mol. The van der Waals surface area contributed by atoms with Gasteiger partial charge in [0.1, 0.15) is 5.76 Å². The van der Waals surface area contributed by atoms with Crippen LogP contribution < -0.4 is 5.32 Å². The van der Waals surface area contributed by atoms with E-state index in [1.807, 2.05) is 12.1 Å². The van der Waals surface area contributed by atoms with Crippen LogP contribution in [0.25, 0.3) is 0 Å². The zero-order chi connectivity index (χ0) is 10.7. The Kier molecular flexibility index (Phi) is 4.01. The van der Waals surface area contributed by atoms with Gasteiger partial charge in [0.05, 0.1) is 6.54 Å². The van der Waals surface area contributed by atoms with E-state index in [-0.39, 0.29) is 0 Å². The van der Waals surface area contributed by atoms with Crippen molar-refractivity contribution in [1.82, 2.24) is 5.32 Å². The molecule has 0 radical (unpaired) electrons. The van der Waals surface area contributed by atoms with Crippen molar-refractivity contribution in [1.29, 1.82) is 0 Å². The van der Waals surface area contributed by atoms with Crippen LogP contribution in [0.5, 0.6) is 0 Å². The van der Waals surface area contributed by atoms with Gasteiger partial charge in [-0.05, 0) is 60.2 Å². The molecule has 4 heteroatoms. The fraction of sp³-hybridized carbons (Fsp3) is 0.636. The van der Waals surface area contributed by atoms with E-state index in [1.165, 1.54) is 18.6 Å². The first kappa shape index (κ1) is 11.8. The Bertz CT molecular complexity index is 320. The fourth-order valence-corrected chi connectivity index (χ4v) is 3.61. The van der Waals surface area contributed by atoms with E-state index in [9.17, 15) is 0 Å². The SMILES string of the molecule is CC1(CNCc2ccc(I)o2)CCCS1. The summed E-state index contributed by atoms with van der Waals surface area (Å²) in [6, 6.07) is 4.04. The lowest BCUT2D eigenvalue weighted by atomic mass is 10.1. The molecule has 0 amide bonds. The van der Waals surface area contributed by atoms with Gasteiger partial charge in [-0.2, -0.15) is 11.8 Å². The largest absolute Gasteiger partial charge is 0.454 e. The second kappa shape index (κ2) is 5.10. The second-order valence-electron chi connectivity index (χ2n) is 4.21. The molecule has 1 saturated heterocycles. The van der Waals surface area contributed by atoms with Crippen LogP contribution in [0.3, 0.4) is 0 Å². The Labute approximate surface area is 109 Å². The zero-order valence-electron chi connectivity index (χ0n) is 8.88. The minimum absolute atomic E-state index is 0.444. The number of hydrogen-bond donors (Lipinski definition) is 1. The van der Waals surface area contributed by atoms with Gasteiger partial charge in [0.2, 0.25) is 0 Å². The number of halogens is 1. The summed E-state index contributed by atoms with van der Waals surface area (Å²) in [7, 11) is 0. The molecular formula is C11H16INOS. The number of hydrogen-bond acceptors (Lipinski definition) is 3. The van der Waals surface area contributed by atoms with Gasteiger partial charge in [-0.15, -0.1) is 0 Å². The Morgan fingerprint density at radius 3 is 3.07 bits per heavy atom. The standard InChI is InChI=1S/C11H16INOS/c1-11(5-2-6-15-11)8-13-7-9-3-4-10(12)14-9/h3-4,13H,2,5-8H2,1H3. The maximum atomic E-state index is 5.50. The predicted octanol–water partition coefficient (Wildman–Crippen LogP) is 3.26. The molecule has 2 nitrogen and oxygen atoms in total. The Morgan fingerprint density at radius 1 is 1.60 bits per heavy atom. The van der Waals surface area contributed by atoms with Gasteiger partial charge in [0.25, 0.3) is 0 Å². The molecular weight excluding hydrogens is 321 g/mol. The summed E-state index contributed by atoms with van der Waals surface area (Å²) >= 11 is 4.29. The lowest BCUT2D eigenvalue weighted by Crippen LogP contribution is -2.32. The van der Waals surface area contributed by atoms with Crippen molar-refractivity contribution >= 4 is 34.4 Å². The molecule has 1 atom stereocenters. The molecule has 2 rings (SSSR count). The van der Waals surface area contributed by atoms with Crippen LogP contribution in [0.2, 0.25) is 0 Å². The summed E-state index contributed by atoms with van der Waals surface area (Å²) in [6.07, 6.45) is 2.70. The number of nitrogens with one attached hydrogen (secondary N) is 1. The normalized spacial score (nSPS) is 26.0. The van der Waals surface area contributed by atoms with Crippen molar-refractivity contribution in [2.45, 2.75) is 31.1 Å². The first-order chi connectivity index (χ1) is 7.18. The average Bonchev–Trinajstić information content (AvgIpc) is 2.76. The van der Waals surface area contributed by atoms with Gasteiger partial charge < -0.3 is 9.73 Å². The Morgan fingerprint density at radius 2 is 2.47 bits per heavy atom. The van der Waals surface area contributed by atoms with Gasteiger partial charge in [-0.1, -0.05) is 0 Å². The fourth-order valence-electron chi connectivity index (χ4n) is 1.87. The van der Waals surface area contributed by atoms with Crippen molar-refractivity contribution in [2.75, 3.05) is 12.3 Å². The van der Waals surface area contributed by atoms with Gasteiger partial charge in [0, 0.05) is 11.3 Å². The zero-order valence-corrected chi connectivity index (χ0v) is 11.9. The molecule has 1 unspecified atom stereocenters. The summed E-state index contributed by atoms with van der Waals surface area (Å²) in [5.74, 6) is 2.35. The highest BCUT2D eigenvalue weighted by atomic mass is 127. The molecule has 0 aromatic carbocycles. The van der Waals surface area contributed by atoms with Crippen LogP contribution in [0.4, 0.5) is 0 Å². The molecule has 1 aliphatic heterocycles. The number of rotatable bonds is 4. The highest BCUT2D eigenvalue weighted by molar-refractivity contribution is 14.1. The molecule has 0 spiro atoms. The van der Waals surface area contributed by atoms with Crippen LogP contribution in [-0.4, -0.2) is 17.0 Å². The summed E-state index contributed by atoms with van der Waals surface area (Å²) in [6.45, 7) is 4.28. The summed E-state index contributed by atoms with van der Waals surface area (Å²) in [5.41, 5.74) is 0. The van der Waals surface area contributed by atoms with E-state index in [0.29, 0.717) is 4.75 Å². The van der Waals surface area contributed by atoms with Crippen LogP contribution in [-0.2, 0) is 6.54 Å². The molecule has 1 N–H and O–H groups in total. The summed E-state index contributed by atoms with van der Waals surface area (Å²) < 4.78 is 6.91. The van der Waals surface area contributed by atoms with Crippen LogP contribution in [0.15, 0.2) is 16.5 Å². The Balaban J connectivity index is 1.75. The minimum atomic E-state index is 0.444. The van der Waals surface area contributed by atoms with Crippen molar-refractivity contribution in [2.24, 2.45) is 0 Å². The van der Waals surface area contributed by atoms with E-state index in [4.69, 9.17) is 4.42 Å². The lowest BCUT2D eigenvalue weighted by Gasteiger charge is -2.22. The number of furan rings is 1. The van der Waals surface area contributed by atoms with Crippen molar-refractivity contribution in [3.63, 3.8) is 0 Å². The van der Waals surface area contributed by atoms with E-state index >= 15 is 0 Å². The molecule has 0 saturated carbocycles. The topological polar surface area (TPSA) is 25.2 Å². The maximum absolute atomic E-state index is 5.50. The summed E-state index contributed by atoms with van der Waals surface area (Å²) in [5, 5.41) is 3.48. The van der Waals surface area contributed by atoms with Gasteiger partial charge in [-0.25, -0.2) is 0 Å². The van der Waals surface area contributed by atoms with Crippen LogP contribution in [0.1, 0.15) is 25.5 Å². The second-order valence-corrected chi connectivity index (χ2v) is 6.96. The first-order valence-corrected chi connectivity index (χ1v) is 7.33. The van der Waals surface area contributed by atoms with Gasteiger partial charge in [0.15, 0.2) is 3.77 Å². The van der Waals surface area contributed by atoms with E-state index < -0.39 is 0 Å². The molecule has 15 heavy (non-hydrogen) atoms. The van der Waals surface area contributed by atoms with E-state index in [1.54, 1.807) is 0 Å². The summed E-state index contributed by atoms with van der Waals surface area (Å²) in [4.78, 5) is 0. The highest BCUT2D eigenvalue weighted by Crippen LogP contribution is 2.36. The van der Waals surface area contributed by atoms with Crippen molar-refractivity contribution in [3.8, 4) is 0 Å². The van der Waals surface area contributed by atoms with Gasteiger partial charge >= 0.3 is 0 Å². The first-order valence-electron chi connectivity index (χ1n) is 5.27. The monoisotopic (exact) mass is 337 g/mol. The molecule has 84 valence electrons. The van der Waals surface area contributed by atoms with Crippen molar-refractivity contribution < 1.29 is 4.42 Å². The quantitative estimate of drug-likeness (QED) is 0.854. The Hall–Kier alpha value is 0.320. The molecule has 1 aromatic rings. The molecule has 0 bridgehead atoms. The van der Waals surface area contributed by atoms with Crippen LogP contribution in [0, 0.1) is 3.77 Å². The molecule has 2 heterocycles. The third kappa shape index (κ3) is 3.39. The smallest absolute Gasteiger partial charge is 0.164 e. The molecule has 0 aliphatic carbocycles. The third-order valence-corrected chi connectivity index (χ3v) is 4.85. The molecule has 1 aliphatic rings.